The molecule has 1 N–H and O–H groups in total. The van der Waals surface area contributed by atoms with Crippen LogP contribution in [-0.4, -0.2) is 15.3 Å². The Morgan fingerprint density at radius 2 is 1.88 bits per heavy atom. The Balaban J connectivity index is 1.58. The van der Waals surface area contributed by atoms with E-state index in [1.807, 2.05) is 35.7 Å². The summed E-state index contributed by atoms with van der Waals surface area (Å²) in [7, 11) is 0. The summed E-state index contributed by atoms with van der Waals surface area (Å²) in [5.41, 5.74) is 2.53. The van der Waals surface area contributed by atoms with E-state index in [1.54, 1.807) is 0 Å². The minimum absolute atomic E-state index is 0.0181. The SMILES string of the molecule is Cc1cccc2nc(CNC(=O)CCc3c(F)cccc3F)cn12. The largest absolute Gasteiger partial charge is 0.350 e. The summed E-state index contributed by atoms with van der Waals surface area (Å²) in [5, 5.41) is 2.73. The first kappa shape index (κ1) is 16.1. The van der Waals surface area contributed by atoms with Crippen molar-refractivity contribution in [3.8, 4) is 0 Å². The van der Waals surface area contributed by atoms with Crippen LogP contribution in [-0.2, 0) is 17.8 Å². The molecule has 6 heteroatoms. The van der Waals surface area contributed by atoms with Gasteiger partial charge in [-0.05, 0) is 37.6 Å². The Bertz CT molecular complexity index is 869. The Hall–Kier alpha value is -2.76. The van der Waals surface area contributed by atoms with E-state index in [1.165, 1.54) is 18.2 Å². The Kier molecular flexibility index (Phi) is 4.55. The van der Waals surface area contributed by atoms with Crippen molar-refractivity contribution in [1.82, 2.24) is 14.7 Å². The van der Waals surface area contributed by atoms with Crippen LogP contribution in [0.4, 0.5) is 8.78 Å². The molecule has 0 radical (unpaired) electrons. The molecular weight excluding hydrogens is 312 g/mol. The summed E-state index contributed by atoms with van der Waals surface area (Å²) in [6.45, 7) is 2.25. The second-order valence-electron chi connectivity index (χ2n) is 5.60. The zero-order chi connectivity index (χ0) is 17.1. The van der Waals surface area contributed by atoms with Gasteiger partial charge < -0.3 is 9.72 Å². The minimum Gasteiger partial charge on any atom is -0.350 e. The lowest BCUT2D eigenvalue weighted by Crippen LogP contribution is -2.23. The molecule has 0 spiro atoms. The fraction of sp³-hybridized carbons (Fsp3) is 0.222. The molecule has 1 amide bonds. The molecule has 0 saturated carbocycles. The third-order valence-electron chi connectivity index (χ3n) is 3.88. The monoisotopic (exact) mass is 329 g/mol. The minimum atomic E-state index is -0.626. The summed E-state index contributed by atoms with van der Waals surface area (Å²) >= 11 is 0. The maximum atomic E-state index is 13.5. The van der Waals surface area contributed by atoms with Gasteiger partial charge in [0.1, 0.15) is 17.3 Å². The summed E-state index contributed by atoms with van der Waals surface area (Å²) in [4.78, 5) is 16.3. The smallest absolute Gasteiger partial charge is 0.220 e. The van der Waals surface area contributed by atoms with Crippen LogP contribution in [0.2, 0.25) is 0 Å². The number of aryl methyl sites for hydroxylation is 1. The third kappa shape index (κ3) is 3.42. The van der Waals surface area contributed by atoms with Crippen LogP contribution in [0.15, 0.2) is 42.6 Å². The molecular formula is C18H17F2N3O. The number of nitrogens with zero attached hydrogens (tertiary/aromatic N) is 2. The van der Waals surface area contributed by atoms with E-state index in [0.717, 1.165) is 17.0 Å². The van der Waals surface area contributed by atoms with Gasteiger partial charge in [0.15, 0.2) is 0 Å². The van der Waals surface area contributed by atoms with Crippen LogP contribution in [0, 0.1) is 18.6 Å². The van der Waals surface area contributed by atoms with Crippen LogP contribution >= 0.6 is 0 Å². The molecule has 0 atom stereocenters. The van der Waals surface area contributed by atoms with Gasteiger partial charge in [-0.2, -0.15) is 0 Å². The van der Waals surface area contributed by atoms with E-state index in [0.29, 0.717) is 0 Å². The number of halogens is 2. The average molecular weight is 329 g/mol. The van der Waals surface area contributed by atoms with Gasteiger partial charge in [-0.15, -0.1) is 0 Å². The topological polar surface area (TPSA) is 46.4 Å². The lowest BCUT2D eigenvalue weighted by molar-refractivity contribution is -0.121. The highest BCUT2D eigenvalue weighted by Gasteiger charge is 2.11. The van der Waals surface area contributed by atoms with E-state index < -0.39 is 11.6 Å². The summed E-state index contributed by atoms with van der Waals surface area (Å²) in [6.07, 6.45) is 1.90. The molecule has 1 aromatic carbocycles. The van der Waals surface area contributed by atoms with Crippen molar-refractivity contribution in [2.24, 2.45) is 0 Å². The van der Waals surface area contributed by atoms with Gasteiger partial charge in [-0.25, -0.2) is 13.8 Å². The van der Waals surface area contributed by atoms with Gasteiger partial charge in [-0.3, -0.25) is 4.79 Å². The first-order chi connectivity index (χ1) is 11.5. The second-order valence-corrected chi connectivity index (χ2v) is 5.60. The number of carbonyl (C=O) groups excluding carboxylic acids is 1. The first-order valence-electron chi connectivity index (χ1n) is 7.68. The van der Waals surface area contributed by atoms with Gasteiger partial charge in [-0.1, -0.05) is 12.1 Å². The highest BCUT2D eigenvalue weighted by molar-refractivity contribution is 5.76. The number of rotatable bonds is 5. The van der Waals surface area contributed by atoms with Crippen LogP contribution < -0.4 is 5.32 Å². The normalized spacial score (nSPS) is 11.0. The Morgan fingerprint density at radius 1 is 1.17 bits per heavy atom. The highest BCUT2D eigenvalue weighted by Crippen LogP contribution is 2.14. The molecule has 3 rings (SSSR count). The number of aromatic nitrogens is 2. The number of hydrogen-bond acceptors (Lipinski definition) is 2. The fourth-order valence-corrected chi connectivity index (χ4v) is 2.57. The number of carbonyl (C=O) groups is 1. The number of imidazole rings is 1. The summed E-state index contributed by atoms with van der Waals surface area (Å²) in [5.74, 6) is -1.52. The van der Waals surface area contributed by atoms with Crippen LogP contribution in [0.3, 0.4) is 0 Å². The molecule has 0 aliphatic rings. The molecule has 124 valence electrons. The molecule has 0 unspecified atom stereocenters. The number of pyridine rings is 1. The molecule has 0 aliphatic heterocycles. The van der Waals surface area contributed by atoms with Gasteiger partial charge in [0.2, 0.25) is 5.91 Å². The van der Waals surface area contributed by atoms with Crippen molar-refractivity contribution in [3.63, 3.8) is 0 Å². The molecule has 2 heterocycles. The number of hydrogen-bond donors (Lipinski definition) is 1. The van der Waals surface area contributed by atoms with Crippen LogP contribution in [0.25, 0.3) is 5.65 Å². The molecule has 0 fully saturated rings. The van der Waals surface area contributed by atoms with Crippen molar-refractivity contribution in [1.29, 1.82) is 0 Å². The molecule has 0 saturated heterocycles. The number of benzene rings is 1. The summed E-state index contributed by atoms with van der Waals surface area (Å²) in [6, 6.07) is 9.46. The standard InChI is InChI=1S/C18H17F2N3O/c1-12-4-2-7-17-22-13(11-23(12)17)10-21-18(24)9-8-14-15(19)5-3-6-16(14)20/h2-7,11H,8-10H2,1H3,(H,21,24). The Morgan fingerprint density at radius 3 is 2.58 bits per heavy atom. The summed E-state index contributed by atoms with van der Waals surface area (Å²) < 4.78 is 29.0. The first-order valence-corrected chi connectivity index (χ1v) is 7.68. The van der Waals surface area contributed by atoms with Crippen molar-refractivity contribution in [2.45, 2.75) is 26.3 Å². The lowest BCUT2D eigenvalue weighted by atomic mass is 10.1. The van der Waals surface area contributed by atoms with Crippen molar-refractivity contribution < 1.29 is 13.6 Å². The van der Waals surface area contributed by atoms with Crippen LogP contribution in [0.1, 0.15) is 23.4 Å². The maximum Gasteiger partial charge on any atom is 0.220 e. The average Bonchev–Trinajstić information content (AvgIpc) is 2.97. The maximum absolute atomic E-state index is 13.5. The predicted octanol–water partition coefficient (Wildman–Crippen LogP) is 3.17. The number of fused-ring (bicyclic) bond motifs is 1. The number of amides is 1. The highest BCUT2D eigenvalue weighted by atomic mass is 19.1. The van der Waals surface area contributed by atoms with Crippen molar-refractivity contribution in [2.75, 3.05) is 0 Å². The molecule has 2 aromatic heterocycles. The van der Waals surface area contributed by atoms with Gasteiger partial charge in [0.25, 0.3) is 0 Å². The molecule has 4 nitrogen and oxygen atoms in total. The molecule has 0 aliphatic carbocycles. The van der Waals surface area contributed by atoms with E-state index in [4.69, 9.17) is 0 Å². The predicted molar refractivity (Wildman–Crippen MR) is 86.5 cm³/mol. The van der Waals surface area contributed by atoms with Gasteiger partial charge in [0, 0.05) is 23.9 Å². The van der Waals surface area contributed by atoms with E-state index in [9.17, 15) is 13.6 Å². The zero-order valence-corrected chi connectivity index (χ0v) is 13.2. The van der Waals surface area contributed by atoms with E-state index in [-0.39, 0.29) is 30.9 Å². The zero-order valence-electron chi connectivity index (χ0n) is 13.2. The van der Waals surface area contributed by atoms with Crippen molar-refractivity contribution in [3.05, 3.63) is 71.2 Å². The molecule has 3 aromatic rings. The lowest BCUT2D eigenvalue weighted by Gasteiger charge is -2.05. The van der Waals surface area contributed by atoms with Gasteiger partial charge >= 0.3 is 0 Å². The number of nitrogens with one attached hydrogen (secondary N) is 1. The third-order valence-corrected chi connectivity index (χ3v) is 3.88. The van der Waals surface area contributed by atoms with Gasteiger partial charge in [0.05, 0.1) is 12.2 Å². The second kappa shape index (κ2) is 6.78. The quantitative estimate of drug-likeness (QED) is 0.781. The molecule has 0 bridgehead atoms. The van der Waals surface area contributed by atoms with Crippen LogP contribution in [0.5, 0.6) is 0 Å². The van der Waals surface area contributed by atoms with E-state index >= 15 is 0 Å². The van der Waals surface area contributed by atoms with Crippen molar-refractivity contribution >= 4 is 11.6 Å². The molecule has 24 heavy (non-hydrogen) atoms. The Labute approximate surface area is 138 Å². The van der Waals surface area contributed by atoms with E-state index in [2.05, 4.69) is 10.3 Å². The fourth-order valence-electron chi connectivity index (χ4n) is 2.57.